The highest BCUT2D eigenvalue weighted by Crippen LogP contribution is 2.18. The molecule has 0 aliphatic carbocycles. The molecule has 2 rings (SSSR count). The van der Waals surface area contributed by atoms with E-state index in [1.807, 2.05) is 55.6 Å². The third-order valence-corrected chi connectivity index (χ3v) is 3.20. The summed E-state index contributed by atoms with van der Waals surface area (Å²) >= 11 is 0. The van der Waals surface area contributed by atoms with Gasteiger partial charge in [0.2, 0.25) is 0 Å². The van der Waals surface area contributed by atoms with Gasteiger partial charge in [0.05, 0.1) is 0 Å². The average molecular weight is 261 g/mol. The van der Waals surface area contributed by atoms with E-state index in [1.165, 1.54) is 0 Å². The Kier molecular flexibility index (Phi) is 4.56. The van der Waals surface area contributed by atoms with Crippen LogP contribution >= 0.6 is 0 Å². The van der Waals surface area contributed by atoms with Gasteiger partial charge in [-0.05, 0) is 29.3 Å². The molecule has 0 aliphatic rings. The number of benzene rings is 2. The zero-order valence-corrected chi connectivity index (χ0v) is 11.8. The molecule has 0 atom stereocenters. The van der Waals surface area contributed by atoms with Gasteiger partial charge in [-0.3, -0.25) is 0 Å². The van der Waals surface area contributed by atoms with Gasteiger partial charge in [0.1, 0.15) is 0 Å². The first kappa shape index (κ1) is 13.9. The molecule has 0 amide bonds. The van der Waals surface area contributed by atoms with Crippen molar-refractivity contribution in [2.45, 2.75) is 0 Å². The Morgan fingerprint density at radius 3 is 2.00 bits per heavy atom. The molecule has 0 spiro atoms. The Morgan fingerprint density at radius 1 is 0.850 bits per heavy atom. The van der Waals surface area contributed by atoms with Crippen LogP contribution in [0.4, 0.5) is 5.69 Å². The minimum absolute atomic E-state index is 0.924. The molecule has 100 valence electrons. The van der Waals surface area contributed by atoms with Crippen molar-refractivity contribution >= 4 is 11.3 Å². The molecular formula is C19H19N. The van der Waals surface area contributed by atoms with E-state index in [4.69, 9.17) is 0 Å². The Balaban J connectivity index is 2.05. The van der Waals surface area contributed by atoms with Gasteiger partial charge in [0.15, 0.2) is 0 Å². The van der Waals surface area contributed by atoms with Crippen LogP contribution in [0, 0.1) is 0 Å². The van der Waals surface area contributed by atoms with Crippen molar-refractivity contribution in [1.29, 1.82) is 0 Å². The molecule has 2 aromatic carbocycles. The predicted molar refractivity (Wildman–Crippen MR) is 88.6 cm³/mol. The molecule has 0 fully saturated rings. The van der Waals surface area contributed by atoms with Crippen LogP contribution < -0.4 is 4.90 Å². The van der Waals surface area contributed by atoms with Crippen molar-refractivity contribution in [2.75, 3.05) is 11.9 Å². The molecule has 0 N–H and O–H groups in total. The molecular weight excluding hydrogens is 242 g/mol. The van der Waals surface area contributed by atoms with Crippen LogP contribution in [-0.2, 0) is 0 Å². The maximum absolute atomic E-state index is 4.09. The number of allylic oxidation sites excluding steroid dienone is 3. The number of rotatable bonds is 5. The molecule has 2 aromatic rings. The molecule has 0 saturated carbocycles. The van der Waals surface area contributed by atoms with E-state index in [0.717, 1.165) is 22.5 Å². The van der Waals surface area contributed by atoms with Crippen molar-refractivity contribution in [3.05, 3.63) is 97.2 Å². The fourth-order valence-electron chi connectivity index (χ4n) is 1.87. The molecule has 20 heavy (non-hydrogen) atoms. The average Bonchev–Trinajstić information content (AvgIpc) is 2.53. The second-order valence-electron chi connectivity index (χ2n) is 4.61. The van der Waals surface area contributed by atoms with E-state index in [2.05, 4.69) is 42.3 Å². The van der Waals surface area contributed by atoms with Gasteiger partial charge in [-0.1, -0.05) is 67.8 Å². The first-order valence-corrected chi connectivity index (χ1v) is 6.58. The molecule has 0 bridgehead atoms. The summed E-state index contributed by atoms with van der Waals surface area (Å²) in [6, 6.07) is 20.3. The van der Waals surface area contributed by atoms with Crippen LogP contribution in [0.1, 0.15) is 5.56 Å². The van der Waals surface area contributed by atoms with Gasteiger partial charge >= 0.3 is 0 Å². The fraction of sp³-hybridized carbons (Fsp3) is 0.0526. The first-order chi connectivity index (χ1) is 9.68. The molecule has 0 unspecified atom stereocenters. The number of nitrogens with zero attached hydrogens (tertiary/aromatic N) is 1. The van der Waals surface area contributed by atoms with E-state index in [1.54, 1.807) is 0 Å². The van der Waals surface area contributed by atoms with Crippen LogP contribution in [0.2, 0.25) is 0 Å². The topological polar surface area (TPSA) is 3.24 Å². The van der Waals surface area contributed by atoms with Crippen molar-refractivity contribution in [3.8, 4) is 0 Å². The molecule has 1 heteroatoms. The summed E-state index contributed by atoms with van der Waals surface area (Å²) in [7, 11) is 2.01. The standard InChI is InChI=1S/C19H19N/c1-16(18-10-6-4-7-11-18)14-15-17(2)20(3)19-12-8-5-9-13-19/h4-15H,1-2H2,3H3. The van der Waals surface area contributed by atoms with Crippen molar-refractivity contribution in [3.63, 3.8) is 0 Å². The third kappa shape index (κ3) is 3.48. The maximum Gasteiger partial charge on any atom is 0.0407 e. The SMILES string of the molecule is C=C(C=CC(=C)N(C)c1ccccc1)c1ccccc1. The molecule has 0 saturated heterocycles. The lowest BCUT2D eigenvalue weighted by Gasteiger charge is -2.19. The van der Waals surface area contributed by atoms with Crippen molar-refractivity contribution < 1.29 is 0 Å². The van der Waals surface area contributed by atoms with Crippen LogP contribution in [-0.4, -0.2) is 7.05 Å². The molecule has 0 aromatic heterocycles. The van der Waals surface area contributed by atoms with E-state index in [9.17, 15) is 0 Å². The van der Waals surface area contributed by atoms with Gasteiger partial charge in [-0.25, -0.2) is 0 Å². The number of hydrogen-bond acceptors (Lipinski definition) is 1. The monoisotopic (exact) mass is 261 g/mol. The highest BCUT2D eigenvalue weighted by atomic mass is 15.1. The lowest BCUT2D eigenvalue weighted by molar-refractivity contribution is 1.15. The quantitative estimate of drug-likeness (QED) is 0.691. The van der Waals surface area contributed by atoms with Gasteiger partial charge in [-0.15, -0.1) is 0 Å². The van der Waals surface area contributed by atoms with Crippen LogP contribution in [0.3, 0.4) is 0 Å². The summed E-state index contributed by atoms with van der Waals surface area (Å²) in [5.74, 6) is 0. The lowest BCUT2D eigenvalue weighted by Crippen LogP contribution is -2.13. The summed E-state index contributed by atoms with van der Waals surface area (Å²) < 4.78 is 0. The summed E-state index contributed by atoms with van der Waals surface area (Å²) in [5, 5.41) is 0. The molecule has 0 heterocycles. The predicted octanol–water partition coefficient (Wildman–Crippen LogP) is 4.91. The first-order valence-electron chi connectivity index (χ1n) is 6.58. The largest absolute Gasteiger partial charge is 0.345 e. The van der Waals surface area contributed by atoms with Crippen LogP contribution in [0.5, 0.6) is 0 Å². The van der Waals surface area contributed by atoms with Crippen LogP contribution in [0.15, 0.2) is 91.7 Å². The second kappa shape index (κ2) is 6.58. The Bertz CT molecular complexity index is 609. The molecule has 0 radical (unpaired) electrons. The Hall–Kier alpha value is -2.54. The van der Waals surface area contributed by atoms with Gasteiger partial charge in [-0.2, -0.15) is 0 Å². The number of hydrogen-bond donors (Lipinski definition) is 0. The Labute approximate surface area is 121 Å². The number of likely N-dealkylation sites (N-methyl/N-ethyl adjacent to an activating group) is 1. The lowest BCUT2D eigenvalue weighted by atomic mass is 10.1. The maximum atomic E-state index is 4.09. The summed E-state index contributed by atoms with van der Waals surface area (Å²) in [6.07, 6.45) is 3.99. The third-order valence-electron chi connectivity index (χ3n) is 3.20. The fourth-order valence-corrected chi connectivity index (χ4v) is 1.87. The molecule has 1 nitrogen and oxygen atoms in total. The highest BCUT2D eigenvalue weighted by molar-refractivity contribution is 5.72. The van der Waals surface area contributed by atoms with E-state index in [0.29, 0.717) is 0 Å². The van der Waals surface area contributed by atoms with Crippen molar-refractivity contribution in [2.24, 2.45) is 0 Å². The zero-order chi connectivity index (χ0) is 14.4. The van der Waals surface area contributed by atoms with E-state index < -0.39 is 0 Å². The number of para-hydroxylation sites is 1. The minimum atomic E-state index is 0.924. The second-order valence-corrected chi connectivity index (χ2v) is 4.61. The smallest absolute Gasteiger partial charge is 0.0407 e. The van der Waals surface area contributed by atoms with Gasteiger partial charge < -0.3 is 4.90 Å². The summed E-state index contributed by atoms with van der Waals surface area (Å²) in [4.78, 5) is 2.05. The minimum Gasteiger partial charge on any atom is -0.345 e. The Morgan fingerprint density at radius 2 is 1.40 bits per heavy atom. The van der Waals surface area contributed by atoms with Gasteiger partial charge in [0, 0.05) is 18.4 Å². The summed E-state index contributed by atoms with van der Waals surface area (Å²) in [6.45, 7) is 8.18. The summed E-state index contributed by atoms with van der Waals surface area (Å²) in [5.41, 5.74) is 4.15. The normalized spacial score (nSPS) is 10.4. The van der Waals surface area contributed by atoms with Crippen LogP contribution in [0.25, 0.3) is 5.57 Å². The van der Waals surface area contributed by atoms with Gasteiger partial charge in [0.25, 0.3) is 0 Å². The zero-order valence-electron chi connectivity index (χ0n) is 11.8. The van der Waals surface area contributed by atoms with E-state index >= 15 is 0 Å². The number of anilines is 1. The molecule has 0 aliphatic heterocycles. The highest BCUT2D eigenvalue weighted by Gasteiger charge is 2.01. The van der Waals surface area contributed by atoms with Crippen molar-refractivity contribution in [1.82, 2.24) is 0 Å². The van der Waals surface area contributed by atoms with E-state index in [-0.39, 0.29) is 0 Å².